The van der Waals surface area contributed by atoms with Gasteiger partial charge in [0.05, 0.1) is 13.1 Å². The first kappa shape index (κ1) is 13.7. The lowest BCUT2D eigenvalue weighted by Crippen LogP contribution is -2.47. The zero-order chi connectivity index (χ0) is 15.0. The average molecular weight is 290 g/mol. The molecule has 1 unspecified atom stereocenters. The molecular formula is C14H15FN4O2. The van der Waals surface area contributed by atoms with E-state index in [1.807, 2.05) is 16.4 Å². The highest BCUT2D eigenvalue weighted by atomic mass is 19.1. The molecule has 110 valence electrons. The Balaban J connectivity index is 1.85. The number of aromatic nitrogens is 3. The molecule has 7 heteroatoms. The van der Waals surface area contributed by atoms with Crippen LogP contribution >= 0.6 is 0 Å². The minimum absolute atomic E-state index is 0.303. The Bertz CT molecular complexity index is 668. The van der Waals surface area contributed by atoms with Gasteiger partial charge in [0.1, 0.15) is 23.5 Å². The summed E-state index contributed by atoms with van der Waals surface area (Å²) in [5.74, 6) is 0.295. The van der Waals surface area contributed by atoms with Crippen LogP contribution in [0.25, 0.3) is 0 Å². The van der Waals surface area contributed by atoms with Gasteiger partial charge in [-0.1, -0.05) is 12.1 Å². The molecule has 6 nitrogen and oxygen atoms in total. The number of rotatable bonds is 3. The normalized spacial score (nSPS) is 18.5. The number of aliphatic carboxylic acids is 1. The van der Waals surface area contributed by atoms with Crippen molar-refractivity contribution in [1.29, 1.82) is 0 Å². The van der Waals surface area contributed by atoms with Crippen LogP contribution in [0.1, 0.15) is 17.2 Å². The maximum Gasteiger partial charge on any atom is 0.322 e. The van der Waals surface area contributed by atoms with E-state index in [0.29, 0.717) is 19.6 Å². The van der Waals surface area contributed by atoms with Crippen LogP contribution in [0.3, 0.4) is 0 Å². The first-order chi connectivity index (χ1) is 10.0. The van der Waals surface area contributed by atoms with Crippen molar-refractivity contribution in [1.82, 2.24) is 19.7 Å². The predicted molar refractivity (Wildman–Crippen MR) is 71.8 cm³/mol. The third kappa shape index (κ3) is 2.64. The van der Waals surface area contributed by atoms with Crippen LogP contribution in [0.5, 0.6) is 0 Å². The SMILES string of the molecule is Cc1nnc2n1CC(C(=O)O)N(Cc1ccc(F)cc1)C2. The van der Waals surface area contributed by atoms with Gasteiger partial charge in [-0.3, -0.25) is 9.69 Å². The summed E-state index contributed by atoms with van der Waals surface area (Å²) in [4.78, 5) is 13.3. The standard InChI is InChI=1S/C14H15FN4O2/c1-9-16-17-13-8-18(12(14(20)21)7-19(9)13)6-10-2-4-11(15)5-3-10/h2-5,12H,6-8H2,1H3,(H,20,21). The number of hydrogen-bond donors (Lipinski definition) is 1. The first-order valence-corrected chi connectivity index (χ1v) is 6.64. The van der Waals surface area contributed by atoms with Crippen LogP contribution in [-0.2, 0) is 24.4 Å². The second-order valence-corrected chi connectivity index (χ2v) is 5.16. The van der Waals surface area contributed by atoms with Crippen LogP contribution in [-0.4, -0.2) is 36.8 Å². The fraction of sp³-hybridized carbons (Fsp3) is 0.357. The zero-order valence-corrected chi connectivity index (χ0v) is 11.5. The van der Waals surface area contributed by atoms with Crippen LogP contribution in [0, 0.1) is 12.7 Å². The van der Waals surface area contributed by atoms with E-state index in [2.05, 4.69) is 10.2 Å². The number of halogens is 1. The first-order valence-electron chi connectivity index (χ1n) is 6.64. The molecule has 1 aliphatic heterocycles. The third-order valence-electron chi connectivity index (χ3n) is 3.74. The second kappa shape index (κ2) is 5.25. The number of aryl methyl sites for hydroxylation is 1. The highest BCUT2D eigenvalue weighted by molar-refractivity contribution is 5.73. The fourth-order valence-corrected chi connectivity index (χ4v) is 2.58. The maximum atomic E-state index is 12.9. The lowest BCUT2D eigenvalue weighted by atomic mass is 10.1. The van der Waals surface area contributed by atoms with Crippen molar-refractivity contribution >= 4 is 5.97 Å². The van der Waals surface area contributed by atoms with Gasteiger partial charge in [-0.2, -0.15) is 0 Å². The van der Waals surface area contributed by atoms with Gasteiger partial charge in [0, 0.05) is 6.54 Å². The summed E-state index contributed by atoms with van der Waals surface area (Å²) in [6, 6.07) is 5.44. The van der Waals surface area contributed by atoms with E-state index in [1.165, 1.54) is 12.1 Å². The molecule has 1 N–H and O–H groups in total. The van der Waals surface area contributed by atoms with Gasteiger partial charge in [-0.05, 0) is 24.6 Å². The quantitative estimate of drug-likeness (QED) is 0.919. The molecule has 1 atom stereocenters. The van der Waals surface area contributed by atoms with Crippen molar-refractivity contribution in [3.63, 3.8) is 0 Å². The highest BCUT2D eigenvalue weighted by Crippen LogP contribution is 2.20. The average Bonchev–Trinajstić information content (AvgIpc) is 2.81. The fourth-order valence-electron chi connectivity index (χ4n) is 2.58. The van der Waals surface area contributed by atoms with Crippen molar-refractivity contribution in [2.24, 2.45) is 0 Å². The molecule has 1 aromatic heterocycles. The van der Waals surface area contributed by atoms with Crippen molar-refractivity contribution in [2.75, 3.05) is 0 Å². The van der Waals surface area contributed by atoms with E-state index in [1.54, 1.807) is 12.1 Å². The van der Waals surface area contributed by atoms with Crippen molar-refractivity contribution in [2.45, 2.75) is 32.6 Å². The van der Waals surface area contributed by atoms with Crippen molar-refractivity contribution in [3.8, 4) is 0 Å². The lowest BCUT2D eigenvalue weighted by Gasteiger charge is -2.33. The van der Waals surface area contributed by atoms with E-state index in [-0.39, 0.29) is 5.82 Å². The Morgan fingerprint density at radius 3 is 2.76 bits per heavy atom. The third-order valence-corrected chi connectivity index (χ3v) is 3.74. The summed E-state index contributed by atoms with van der Waals surface area (Å²) in [6.07, 6.45) is 0. The number of hydrogen-bond acceptors (Lipinski definition) is 4. The summed E-state index contributed by atoms with van der Waals surface area (Å²) in [5.41, 5.74) is 0.868. The van der Waals surface area contributed by atoms with E-state index in [0.717, 1.165) is 17.2 Å². The second-order valence-electron chi connectivity index (χ2n) is 5.16. The molecule has 2 heterocycles. The van der Waals surface area contributed by atoms with Crippen LogP contribution in [0.2, 0.25) is 0 Å². The van der Waals surface area contributed by atoms with Gasteiger partial charge in [-0.25, -0.2) is 4.39 Å². The van der Waals surface area contributed by atoms with Crippen LogP contribution < -0.4 is 0 Å². The minimum Gasteiger partial charge on any atom is -0.480 e. The topological polar surface area (TPSA) is 71.2 Å². The number of carboxylic acids is 1. The van der Waals surface area contributed by atoms with Gasteiger partial charge in [-0.15, -0.1) is 10.2 Å². The molecule has 0 aliphatic carbocycles. The lowest BCUT2D eigenvalue weighted by molar-refractivity contribution is -0.145. The molecule has 0 radical (unpaired) electrons. The van der Waals surface area contributed by atoms with Gasteiger partial charge in [0.2, 0.25) is 0 Å². The number of carboxylic acid groups (broad SMARTS) is 1. The monoisotopic (exact) mass is 290 g/mol. The molecule has 1 aliphatic rings. The minimum atomic E-state index is -0.879. The van der Waals surface area contributed by atoms with Gasteiger partial charge in [0.25, 0.3) is 0 Å². The molecule has 2 aromatic rings. The largest absolute Gasteiger partial charge is 0.480 e. The summed E-state index contributed by atoms with van der Waals surface area (Å²) >= 11 is 0. The molecular weight excluding hydrogens is 275 g/mol. The van der Waals surface area contributed by atoms with Crippen molar-refractivity contribution < 1.29 is 14.3 Å². The van der Waals surface area contributed by atoms with Crippen LogP contribution in [0.4, 0.5) is 4.39 Å². The summed E-state index contributed by atoms with van der Waals surface area (Å²) < 4.78 is 14.8. The maximum absolute atomic E-state index is 12.9. The Labute approximate surface area is 120 Å². The molecule has 21 heavy (non-hydrogen) atoms. The summed E-state index contributed by atoms with van der Waals surface area (Å²) in [7, 11) is 0. The molecule has 3 rings (SSSR count). The van der Waals surface area contributed by atoms with E-state index in [4.69, 9.17) is 0 Å². The number of fused-ring (bicyclic) bond motifs is 1. The Morgan fingerprint density at radius 1 is 1.38 bits per heavy atom. The Hall–Kier alpha value is -2.28. The molecule has 0 spiro atoms. The number of benzene rings is 1. The predicted octanol–water partition coefficient (Wildman–Crippen LogP) is 1.19. The zero-order valence-electron chi connectivity index (χ0n) is 11.5. The van der Waals surface area contributed by atoms with E-state index >= 15 is 0 Å². The number of carbonyl (C=O) groups is 1. The molecule has 0 saturated carbocycles. The number of nitrogens with zero attached hydrogens (tertiary/aromatic N) is 4. The molecule has 0 bridgehead atoms. The smallest absolute Gasteiger partial charge is 0.322 e. The Kier molecular flexibility index (Phi) is 3.42. The molecule has 0 amide bonds. The van der Waals surface area contributed by atoms with Gasteiger partial charge >= 0.3 is 5.97 Å². The molecule has 0 fully saturated rings. The van der Waals surface area contributed by atoms with Crippen molar-refractivity contribution in [3.05, 3.63) is 47.3 Å². The summed E-state index contributed by atoms with van der Waals surface area (Å²) in [6.45, 7) is 2.98. The summed E-state index contributed by atoms with van der Waals surface area (Å²) in [5, 5.41) is 17.5. The van der Waals surface area contributed by atoms with Gasteiger partial charge < -0.3 is 9.67 Å². The van der Waals surface area contributed by atoms with E-state index in [9.17, 15) is 14.3 Å². The molecule has 0 saturated heterocycles. The van der Waals surface area contributed by atoms with Crippen LogP contribution in [0.15, 0.2) is 24.3 Å². The van der Waals surface area contributed by atoms with Gasteiger partial charge in [0.15, 0.2) is 0 Å². The Morgan fingerprint density at radius 2 is 2.10 bits per heavy atom. The van der Waals surface area contributed by atoms with E-state index < -0.39 is 12.0 Å². The highest BCUT2D eigenvalue weighted by Gasteiger charge is 2.33. The molecule has 1 aromatic carbocycles.